The molecule has 0 bridgehead atoms. The summed E-state index contributed by atoms with van der Waals surface area (Å²) in [6.45, 7) is 2.74. The van der Waals surface area contributed by atoms with Gasteiger partial charge in [-0.3, -0.25) is 0 Å². The van der Waals surface area contributed by atoms with Crippen LogP contribution in [0.5, 0.6) is 5.75 Å². The van der Waals surface area contributed by atoms with E-state index in [1.165, 1.54) is 20.0 Å². The smallest absolute Gasteiger partial charge is 0.421 e. The summed E-state index contributed by atoms with van der Waals surface area (Å²) in [7, 11) is 0. The predicted molar refractivity (Wildman–Crippen MR) is 61.4 cm³/mol. The van der Waals surface area contributed by atoms with E-state index in [1.54, 1.807) is 35.6 Å². The van der Waals surface area contributed by atoms with Crippen LogP contribution in [0.1, 0.15) is 13.8 Å². The molecule has 1 amide bonds. The van der Waals surface area contributed by atoms with Gasteiger partial charge >= 0.3 is 12.1 Å². The maximum absolute atomic E-state index is 11.8. The second-order valence-electron chi connectivity index (χ2n) is 3.84. The Hall–Kier alpha value is -2.55. The zero-order chi connectivity index (χ0) is 13.6. The maximum atomic E-state index is 11.8. The molecule has 1 aromatic carbocycles. The molecule has 0 aromatic heterocycles. The van der Waals surface area contributed by atoms with E-state index in [9.17, 15) is 9.59 Å². The first-order chi connectivity index (χ1) is 8.45. The number of carbonyl (C=O) groups is 2. The van der Waals surface area contributed by atoms with Crippen LogP contribution in [0.4, 0.5) is 4.79 Å². The summed E-state index contributed by atoms with van der Waals surface area (Å²) in [6.07, 6.45) is 0.395. The lowest BCUT2D eigenvalue weighted by atomic mass is 10.1. The average Bonchev–Trinajstić information content (AvgIpc) is 2.29. The zero-order valence-electron chi connectivity index (χ0n) is 9.97. The van der Waals surface area contributed by atoms with Gasteiger partial charge in [0.2, 0.25) is 5.60 Å². The Bertz CT molecular complexity index is 477. The number of para-hydroxylation sites is 1. The lowest BCUT2D eigenvalue weighted by Crippen LogP contribution is -2.42. The topological polar surface area (TPSA) is 88.4 Å². The number of carbonyl (C=O) groups excluding carboxylic acids is 2. The first-order valence-corrected chi connectivity index (χ1v) is 5.11. The lowest BCUT2D eigenvalue weighted by molar-refractivity contribution is -0.151. The highest BCUT2D eigenvalue weighted by molar-refractivity contribution is 5.84. The Morgan fingerprint density at radius 1 is 1.28 bits per heavy atom. The van der Waals surface area contributed by atoms with Gasteiger partial charge in [-0.05, 0) is 26.0 Å². The Balaban J connectivity index is 2.65. The predicted octanol–water partition coefficient (Wildman–Crippen LogP) is 1.58. The molecule has 18 heavy (non-hydrogen) atoms. The van der Waals surface area contributed by atoms with Crippen molar-refractivity contribution in [3.8, 4) is 11.9 Å². The van der Waals surface area contributed by atoms with Crippen molar-refractivity contribution in [3.05, 3.63) is 30.3 Å². The molecule has 0 saturated carbocycles. The summed E-state index contributed by atoms with van der Waals surface area (Å²) in [5, 5.41) is 9.99. The number of hydrogen-bond acceptors (Lipinski definition) is 5. The largest absolute Gasteiger partial charge is 0.431 e. The molecular weight excluding hydrogens is 236 g/mol. The van der Waals surface area contributed by atoms with Gasteiger partial charge in [-0.25, -0.2) is 14.9 Å². The first kappa shape index (κ1) is 13.5. The highest BCUT2D eigenvalue weighted by Gasteiger charge is 2.34. The first-order valence-electron chi connectivity index (χ1n) is 5.11. The number of alkyl carbamates (subject to hydrolysis) is 1. The van der Waals surface area contributed by atoms with Crippen LogP contribution < -0.4 is 10.1 Å². The van der Waals surface area contributed by atoms with Gasteiger partial charge in [-0.15, -0.1) is 0 Å². The van der Waals surface area contributed by atoms with Crippen LogP contribution in [0.15, 0.2) is 30.3 Å². The number of rotatable bonds is 3. The van der Waals surface area contributed by atoms with Crippen molar-refractivity contribution in [3.63, 3.8) is 0 Å². The molecule has 0 unspecified atom stereocenters. The van der Waals surface area contributed by atoms with Gasteiger partial charge in [0.1, 0.15) is 5.75 Å². The highest BCUT2D eigenvalue weighted by atomic mass is 16.6. The van der Waals surface area contributed by atoms with E-state index in [2.05, 4.69) is 0 Å². The van der Waals surface area contributed by atoms with Crippen molar-refractivity contribution >= 4 is 12.1 Å². The fourth-order valence-corrected chi connectivity index (χ4v) is 1.06. The van der Waals surface area contributed by atoms with E-state index < -0.39 is 17.7 Å². The van der Waals surface area contributed by atoms with Gasteiger partial charge < -0.3 is 9.47 Å². The van der Waals surface area contributed by atoms with Crippen LogP contribution in [-0.4, -0.2) is 17.7 Å². The number of benzene rings is 1. The molecule has 1 N–H and O–H groups in total. The van der Waals surface area contributed by atoms with Gasteiger partial charge in [-0.1, -0.05) is 18.2 Å². The zero-order valence-corrected chi connectivity index (χ0v) is 9.97. The highest BCUT2D eigenvalue weighted by Crippen LogP contribution is 2.16. The minimum absolute atomic E-state index is 0.347. The summed E-state index contributed by atoms with van der Waals surface area (Å²) in [5.41, 5.74) is -1.49. The number of esters is 1. The Morgan fingerprint density at radius 2 is 1.89 bits per heavy atom. The fourth-order valence-electron chi connectivity index (χ4n) is 1.06. The van der Waals surface area contributed by atoms with E-state index in [1.807, 2.05) is 0 Å². The van der Waals surface area contributed by atoms with Gasteiger partial charge in [0.25, 0.3) is 0 Å². The second kappa shape index (κ2) is 5.68. The maximum Gasteiger partial charge on any atom is 0.421 e. The molecule has 6 nitrogen and oxygen atoms in total. The molecule has 1 rings (SSSR count). The Kier molecular flexibility index (Phi) is 4.27. The summed E-state index contributed by atoms with van der Waals surface area (Å²) in [5.74, 6) is -0.387. The van der Waals surface area contributed by atoms with Crippen molar-refractivity contribution in [2.24, 2.45) is 0 Å². The van der Waals surface area contributed by atoms with Gasteiger partial charge in [0, 0.05) is 0 Å². The molecule has 0 heterocycles. The van der Waals surface area contributed by atoms with E-state index in [0.29, 0.717) is 5.75 Å². The summed E-state index contributed by atoms with van der Waals surface area (Å²) in [4.78, 5) is 22.8. The molecule has 0 saturated heterocycles. The van der Waals surface area contributed by atoms with Gasteiger partial charge in [0.05, 0.1) is 0 Å². The molecule has 0 aliphatic carbocycles. The van der Waals surface area contributed by atoms with Crippen LogP contribution >= 0.6 is 0 Å². The molecule has 0 fully saturated rings. The van der Waals surface area contributed by atoms with Crippen molar-refractivity contribution in [2.75, 3.05) is 0 Å². The summed E-state index contributed by atoms with van der Waals surface area (Å²) < 4.78 is 9.80. The van der Waals surface area contributed by atoms with Gasteiger partial charge in [0.15, 0.2) is 6.19 Å². The third-order valence-corrected chi connectivity index (χ3v) is 1.95. The minimum atomic E-state index is -1.49. The molecule has 0 atom stereocenters. The minimum Gasteiger partial charge on any atom is -0.431 e. The number of hydrogen-bond donors (Lipinski definition) is 1. The molecule has 0 aliphatic rings. The summed E-state index contributed by atoms with van der Waals surface area (Å²) in [6, 6.07) is 8.39. The van der Waals surface area contributed by atoms with Crippen LogP contribution in [0.25, 0.3) is 0 Å². The molecule has 6 heteroatoms. The third-order valence-electron chi connectivity index (χ3n) is 1.95. The second-order valence-corrected chi connectivity index (χ2v) is 3.84. The molecule has 1 aromatic rings. The quantitative estimate of drug-likeness (QED) is 0.379. The average molecular weight is 248 g/mol. The number of amides is 1. The number of nitrogens with one attached hydrogen (secondary N) is 1. The van der Waals surface area contributed by atoms with E-state index in [0.717, 1.165) is 0 Å². The molecule has 0 aliphatic heterocycles. The molecule has 94 valence electrons. The molecule has 0 radical (unpaired) electrons. The number of nitrogens with zero attached hydrogens (tertiary/aromatic N) is 1. The van der Waals surface area contributed by atoms with Gasteiger partial charge in [-0.2, -0.15) is 5.26 Å². The third kappa shape index (κ3) is 3.79. The standard InChI is InChI=1S/C12H12N2O4/c1-12(2,18-11(16)14-8-13)10(15)17-9-6-4-3-5-7-9/h3-7H,1-2H3,(H,14,16). The van der Waals surface area contributed by atoms with E-state index in [-0.39, 0.29) is 0 Å². The van der Waals surface area contributed by atoms with E-state index in [4.69, 9.17) is 14.7 Å². The van der Waals surface area contributed by atoms with E-state index >= 15 is 0 Å². The normalized spacial score (nSPS) is 10.1. The molecular formula is C12H12N2O4. The number of nitriles is 1. The summed E-state index contributed by atoms with van der Waals surface area (Å²) >= 11 is 0. The SMILES string of the molecule is CC(C)(OC(=O)NC#N)C(=O)Oc1ccccc1. The molecule has 0 spiro atoms. The Morgan fingerprint density at radius 3 is 2.44 bits per heavy atom. The van der Waals surface area contributed by atoms with Crippen LogP contribution in [-0.2, 0) is 9.53 Å². The van der Waals surface area contributed by atoms with Crippen molar-refractivity contribution in [1.29, 1.82) is 5.26 Å². The number of ether oxygens (including phenoxy) is 2. The lowest BCUT2D eigenvalue weighted by Gasteiger charge is -2.21. The van der Waals surface area contributed by atoms with Crippen molar-refractivity contribution in [1.82, 2.24) is 5.32 Å². The van der Waals surface area contributed by atoms with Crippen LogP contribution in [0.3, 0.4) is 0 Å². The fraction of sp³-hybridized carbons (Fsp3) is 0.250. The monoisotopic (exact) mass is 248 g/mol. The van der Waals surface area contributed by atoms with Crippen molar-refractivity contribution in [2.45, 2.75) is 19.4 Å². The Labute approximate surface area is 104 Å². The van der Waals surface area contributed by atoms with Crippen LogP contribution in [0, 0.1) is 11.5 Å². The van der Waals surface area contributed by atoms with Crippen LogP contribution in [0.2, 0.25) is 0 Å². The van der Waals surface area contributed by atoms with Crippen molar-refractivity contribution < 1.29 is 19.1 Å².